The number of nitrogens with one attached hydrogen (secondary N) is 1. The van der Waals surface area contributed by atoms with E-state index in [1.807, 2.05) is 66.7 Å². The average molecular weight is 444 g/mol. The molecule has 0 atom stereocenters. The average Bonchev–Trinajstić information content (AvgIpc) is 3.42. The van der Waals surface area contributed by atoms with Gasteiger partial charge >= 0.3 is 6.09 Å². The zero-order valence-corrected chi connectivity index (χ0v) is 18.4. The lowest BCUT2D eigenvalue weighted by molar-refractivity contribution is 0.144. The van der Waals surface area contributed by atoms with Crippen LogP contribution in [-0.2, 0) is 4.74 Å². The van der Waals surface area contributed by atoms with Gasteiger partial charge in [-0.15, -0.1) is 0 Å². The van der Waals surface area contributed by atoms with Gasteiger partial charge in [0.15, 0.2) is 5.58 Å². The van der Waals surface area contributed by atoms with E-state index < -0.39 is 6.09 Å². The van der Waals surface area contributed by atoms with Crippen LogP contribution < -0.4 is 5.32 Å². The smallest absolute Gasteiger partial charge is 0.407 e. The van der Waals surface area contributed by atoms with Gasteiger partial charge in [0, 0.05) is 16.7 Å². The lowest BCUT2D eigenvalue weighted by Gasteiger charge is -2.14. The third-order valence-corrected chi connectivity index (χ3v) is 6.29. The Bertz CT molecular complexity index is 1560. The van der Waals surface area contributed by atoms with Gasteiger partial charge in [-0.1, -0.05) is 90.7 Å². The van der Waals surface area contributed by atoms with Gasteiger partial charge < -0.3 is 14.5 Å². The van der Waals surface area contributed by atoms with Crippen LogP contribution in [0.3, 0.4) is 0 Å². The maximum atomic E-state index is 12.3. The van der Waals surface area contributed by atoms with Crippen molar-refractivity contribution in [1.82, 2.24) is 5.32 Å². The molecule has 0 fully saturated rings. The zero-order valence-electron chi connectivity index (χ0n) is 18.4. The lowest BCUT2D eigenvalue weighted by Crippen LogP contribution is -2.26. The Morgan fingerprint density at radius 1 is 0.824 bits per heavy atom. The summed E-state index contributed by atoms with van der Waals surface area (Å²) in [6, 6.07) is 30.4. The summed E-state index contributed by atoms with van der Waals surface area (Å²) in [4.78, 5) is 12.3. The molecular weight excluding hydrogens is 422 g/mol. The Hall–Kier alpha value is -4.49. The van der Waals surface area contributed by atoms with Crippen molar-refractivity contribution in [2.45, 2.75) is 5.92 Å². The van der Waals surface area contributed by atoms with E-state index in [1.165, 1.54) is 22.3 Å². The Balaban J connectivity index is 1.12. The maximum Gasteiger partial charge on any atom is 0.407 e. The van der Waals surface area contributed by atoms with E-state index in [0.717, 1.165) is 27.5 Å². The van der Waals surface area contributed by atoms with Gasteiger partial charge in [-0.2, -0.15) is 0 Å². The van der Waals surface area contributed by atoms with Crippen molar-refractivity contribution in [3.05, 3.63) is 108 Å². The highest BCUT2D eigenvalue weighted by molar-refractivity contribution is 6.06. The molecule has 0 saturated carbocycles. The van der Waals surface area contributed by atoms with E-state index in [-0.39, 0.29) is 19.1 Å². The molecule has 1 aromatic heterocycles. The second kappa shape index (κ2) is 8.46. The van der Waals surface area contributed by atoms with Crippen LogP contribution in [-0.4, -0.2) is 19.2 Å². The fourth-order valence-electron chi connectivity index (χ4n) is 4.75. The number of carbonyl (C=O) groups is 1. The SMILES string of the molecule is O=C(NCC#Cc1cccc2c1oc1ccccc12)OCC1c2ccccc2-c2ccccc21. The van der Waals surface area contributed by atoms with Crippen molar-refractivity contribution in [2.24, 2.45) is 0 Å². The molecule has 0 aliphatic heterocycles. The maximum absolute atomic E-state index is 12.3. The molecular formula is C30H21NO3. The molecule has 0 radical (unpaired) electrons. The molecule has 1 N–H and O–H groups in total. The minimum atomic E-state index is -0.474. The molecule has 4 nitrogen and oxygen atoms in total. The molecule has 1 aliphatic carbocycles. The monoisotopic (exact) mass is 443 g/mol. The van der Waals surface area contributed by atoms with Crippen molar-refractivity contribution in [3.63, 3.8) is 0 Å². The molecule has 6 rings (SSSR count). The van der Waals surface area contributed by atoms with Crippen molar-refractivity contribution in [2.75, 3.05) is 13.2 Å². The van der Waals surface area contributed by atoms with Gasteiger partial charge in [0.2, 0.25) is 0 Å². The number of furan rings is 1. The minimum absolute atomic E-state index is 0.0370. The van der Waals surface area contributed by atoms with E-state index >= 15 is 0 Å². The van der Waals surface area contributed by atoms with Crippen LogP contribution in [0.5, 0.6) is 0 Å². The van der Waals surface area contributed by atoms with Crippen molar-refractivity contribution >= 4 is 28.0 Å². The van der Waals surface area contributed by atoms with Gasteiger partial charge in [-0.3, -0.25) is 0 Å². The van der Waals surface area contributed by atoms with Gasteiger partial charge in [0.1, 0.15) is 12.2 Å². The fraction of sp³-hybridized carbons (Fsp3) is 0.100. The highest BCUT2D eigenvalue weighted by Crippen LogP contribution is 2.44. The topological polar surface area (TPSA) is 51.5 Å². The normalized spacial score (nSPS) is 12.1. The molecule has 1 amide bonds. The number of carbonyl (C=O) groups excluding carboxylic acids is 1. The van der Waals surface area contributed by atoms with E-state index in [9.17, 15) is 4.79 Å². The Morgan fingerprint density at radius 2 is 1.50 bits per heavy atom. The summed E-state index contributed by atoms with van der Waals surface area (Å²) in [5.41, 5.74) is 7.19. The molecule has 1 heterocycles. The number of para-hydroxylation sites is 2. The van der Waals surface area contributed by atoms with Gasteiger partial charge in [-0.25, -0.2) is 4.79 Å². The highest BCUT2D eigenvalue weighted by Gasteiger charge is 2.28. The first-order valence-corrected chi connectivity index (χ1v) is 11.3. The molecule has 0 bridgehead atoms. The molecule has 0 unspecified atom stereocenters. The number of amides is 1. The summed E-state index contributed by atoms with van der Waals surface area (Å²) in [6.45, 7) is 0.471. The molecule has 34 heavy (non-hydrogen) atoms. The van der Waals surface area contributed by atoms with Gasteiger partial charge in [0.25, 0.3) is 0 Å². The van der Waals surface area contributed by atoms with Crippen LogP contribution >= 0.6 is 0 Å². The number of hydrogen-bond acceptors (Lipinski definition) is 3. The van der Waals surface area contributed by atoms with Crippen LogP contribution in [0.15, 0.2) is 95.4 Å². The molecule has 4 heteroatoms. The van der Waals surface area contributed by atoms with E-state index in [4.69, 9.17) is 9.15 Å². The molecule has 0 saturated heterocycles. The predicted molar refractivity (Wildman–Crippen MR) is 134 cm³/mol. The first kappa shape index (κ1) is 20.1. The number of benzene rings is 4. The van der Waals surface area contributed by atoms with E-state index in [2.05, 4.69) is 41.4 Å². The summed E-state index contributed by atoms with van der Waals surface area (Å²) in [7, 11) is 0. The van der Waals surface area contributed by atoms with Crippen molar-refractivity contribution in [3.8, 4) is 23.0 Å². The molecule has 0 spiro atoms. The molecule has 4 aromatic carbocycles. The Labute approximate surface area is 197 Å². The lowest BCUT2D eigenvalue weighted by atomic mass is 9.98. The summed E-state index contributed by atoms with van der Waals surface area (Å²) in [5, 5.41) is 4.84. The molecule has 164 valence electrons. The summed E-state index contributed by atoms with van der Waals surface area (Å²) < 4.78 is 11.6. The Morgan fingerprint density at radius 3 is 2.29 bits per heavy atom. The zero-order chi connectivity index (χ0) is 22.9. The van der Waals surface area contributed by atoms with Crippen LogP contribution in [0.1, 0.15) is 22.6 Å². The van der Waals surface area contributed by atoms with Gasteiger partial charge in [0.05, 0.1) is 12.1 Å². The van der Waals surface area contributed by atoms with Crippen LogP contribution in [0.2, 0.25) is 0 Å². The van der Waals surface area contributed by atoms with Crippen LogP contribution in [0, 0.1) is 11.8 Å². The summed E-state index contributed by atoms with van der Waals surface area (Å²) in [6.07, 6.45) is -0.474. The van der Waals surface area contributed by atoms with E-state index in [1.54, 1.807) is 0 Å². The van der Waals surface area contributed by atoms with Crippen molar-refractivity contribution in [1.29, 1.82) is 0 Å². The molecule has 1 aliphatic rings. The third-order valence-electron chi connectivity index (χ3n) is 6.29. The number of hydrogen-bond donors (Lipinski definition) is 1. The number of ether oxygens (including phenoxy) is 1. The van der Waals surface area contributed by atoms with E-state index in [0.29, 0.717) is 0 Å². The molecule has 5 aromatic rings. The summed E-state index contributed by atoms with van der Waals surface area (Å²) in [5.74, 6) is 6.16. The van der Waals surface area contributed by atoms with Crippen LogP contribution in [0.4, 0.5) is 4.79 Å². The fourth-order valence-corrected chi connectivity index (χ4v) is 4.75. The first-order valence-electron chi connectivity index (χ1n) is 11.3. The largest absolute Gasteiger partial charge is 0.455 e. The second-order valence-electron chi connectivity index (χ2n) is 8.26. The Kier molecular flexibility index (Phi) is 5.01. The second-order valence-corrected chi connectivity index (χ2v) is 8.26. The predicted octanol–water partition coefficient (Wildman–Crippen LogP) is 6.48. The summed E-state index contributed by atoms with van der Waals surface area (Å²) >= 11 is 0. The first-order chi connectivity index (χ1) is 16.8. The third kappa shape index (κ3) is 3.48. The quantitative estimate of drug-likeness (QED) is 0.325. The number of alkyl carbamates (subject to hydrolysis) is 1. The van der Waals surface area contributed by atoms with Crippen molar-refractivity contribution < 1.29 is 13.9 Å². The highest BCUT2D eigenvalue weighted by atomic mass is 16.5. The van der Waals surface area contributed by atoms with Crippen LogP contribution in [0.25, 0.3) is 33.1 Å². The minimum Gasteiger partial charge on any atom is -0.455 e. The number of rotatable bonds is 3. The number of fused-ring (bicyclic) bond motifs is 6. The standard InChI is InChI=1S/C30H21NO3/c32-30(33-19-27-23-13-3-1-11-21(23)22-12-2-4-14-24(22)27)31-18-8-10-20-9-7-16-26-25-15-5-6-17-28(25)34-29(20)26/h1-7,9,11-17,27H,18-19H2,(H,31,32). The van der Waals surface area contributed by atoms with Gasteiger partial charge in [-0.05, 0) is 34.4 Å².